The number of benzene rings is 1. The zero-order valence-corrected chi connectivity index (χ0v) is 26.3. The van der Waals surface area contributed by atoms with Crippen molar-refractivity contribution in [2.24, 2.45) is 62.6 Å². The first kappa shape index (κ1) is 28.2. The summed E-state index contributed by atoms with van der Waals surface area (Å²) in [4.78, 5) is 27.4. The number of hydrogen-bond donors (Lipinski definition) is 1. The smallest absolute Gasteiger partial charge is 0.309 e. The third kappa shape index (κ3) is 3.36. The lowest BCUT2D eigenvalue weighted by Gasteiger charge is -2.71. The van der Waals surface area contributed by atoms with Crippen molar-refractivity contribution in [2.75, 3.05) is 0 Å². The van der Waals surface area contributed by atoms with E-state index in [4.69, 9.17) is 0 Å². The summed E-state index contributed by atoms with van der Waals surface area (Å²) in [6.07, 6.45) is 10.1. The molecule has 9 atom stereocenters. The number of ketones is 1. The van der Waals surface area contributed by atoms with Crippen LogP contribution in [0.1, 0.15) is 111 Å². The molecule has 4 saturated carbocycles. The molecule has 5 aliphatic rings. The van der Waals surface area contributed by atoms with Gasteiger partial charge in [-0.05, 0) is 127 Å². The molecule has 5 aliphatic carbocycles. The SMILES string of the molecule is Cc1ccc(C2=CC(=O)[C@]3(C)[C@H]4CC[C@@H]5[C@H]6[C@H](C(C)C)CC[C@]6(C(=O)O)CC[C@@]5(C)[C@]4(C)CC[C@H]3C2(C)C)cc1. The van der Waals surface area contributed by atoms with Crippen molar-refractivity contribution in [2.45, 2.75) is 107 Å². The van der Waals surface area contributed by atoms with E-state index in [1.165, 1.54) is 16.7 Å². The van der Waals surface area contributed by atoms with Gasteiger partial charge >= 0.3 is 5.97 Å². The van der Waals surface area contributed by atoms with Crippen LogP contribution in [0.2, 0.25) is 0 Å². The second kappa shape index (κ2) is 8.81. The summed E-state index contributed by atoms with van der Waals surface area (Å²) in [5.74, 6) is 2.13. The zero-order chi connectivity index (χ0) is 29.0. The van der Waals surface area contributed by atoms with Crippen molar-refractivity contribution in [3.8, 4) is 0 Å². The van der Waals surface area contributed by atoms with E-state index in [1.807, 2.05) is 6.08 Å². The third-order valence-corrected chi connectivity index (χ3v) is 14.6. The Kier molecular flexibility index (Phi) is 6.21. The van der Waals surface area contributed by atoms with Crippen LogP contribution in [0.15, 0.2) is 30.3 Å². The highest BCUT2D eigenvalue weighted by Crippen LogP contribution is 2.77. The number of aliphatic carboxylic acids is 1. The molecule has 0 unspecified atom stereocenters. The number of carboxylic acids is 1. The first-order valence-electron chi connectivity index (χ1n) is 16.2. The summed E-state index contributed by atoms with van der Waals surface area (Å²) in [6, 6.07) is 8.72. The van der Waals surface area contributed by atoms with Crippen molar-refractivity contribution in [3.05, 3.63) is 41.5 Å². The number of carboxylic acid groups (broad SMARTS) is 1. The number of carbonyl (C=O) groups is 2. The number of aryl methyl sites for hydroxylation is 1. The minimum absolute atomic E-state index is 0.0386. The van der Waals surface area contributed by atoms with Gasteiger partial charge in [0.1, 0.15) is 0 Å². The Labute approximate surface area is 242 Å². The van der Waals surface area contributed by atoms with Gasteiger partial charge in [0.05, 0.1) is 5.41 Å². The molecule has 0 aliphatic heterocycles. The van der Waals surface area contributed by atoms with Gasteiger partial charge in [-0.15, -0.1) is 0 Å². The van der Waals surface area contributed by atoms with Crippen molar-refractivity contribution in [1.29, 1.82) is 0 Å². The number of allylic oxidation sites excluding steroid dienone is 2. The number of carbonyl (C=O) groups excluding carboxylic acids is 1. The van der Waals surface area contributed by atoms with Crippen molar-refractivity contribution >= 4 is 17.3 Å². The molecule has 0 radical (unpaired) electrons. The summed E-state index contributed by atoms with van der Waals surface area (Å²) >= 11 is 0. The van der Waals surface area contributed by atoms with Crippen molar-refractivity contribution in [1.82, 2.24) is 0 Å². The van der Waals surface area contributed by atoms with E-state index in [2.05, 4.69) is 79.7 Å². The van der Waals surface area contributed by atoms with E-state index >= 15 is 0 Å². The maximum Gasteiger partial charge on any atom is 0.309 e. The molecule has 3 heteroatoms. The minimum atomic E-state index is -0.544. The maximum absolute atomic E-state index is 14.5. The average Bonchev–Trinajstić information content (AvgIpc) is 3.29. The van der Waals surface area contributed by atoms with Crippen LogP contribution in [-0.2, 0) is 9.59 Å². The quantitative estimate of drug-likeness (QED) is 0.413. The van der Waals surface area contributed by atoms with E-state index in [-0.39, 0.29) is 27.6 Å². The lowest BCUT2D eigenvalue weighted by molar-refractivity contribution is -0.226. The Morgan fingerprint density at radius 3 is 2.15 bits per heavy atom. The van der Waals surface area contributed by atoms with Crippen LogP contribution in [0.3, 0.4) is 0 Å². The van der Waals surface area contributed by atoms with Gasteiger partial charge in [0.15, 0.2) is 5.78 Å². The summed E-state index contributed by atoms with van der Waals surface area (Å²) in [6.45, 7) is 18.9. The summed E-state index contributed by atoms with van der Waals surface area (Å²) < 4.78 is 0. The van der Waals surface area contributed by atoms with Crippen LogP contribution < -0.4 is 0 Å². The van der Waals surface area contributed by atoms with Gasteiger partial charge in [0, 0.05) is 5.41 Å². The Hall–Kier alpha value is -1.90. The van der Waals surface area contributed by atoms with Crippen LogP contribution in [0, 0.1) is 69.5 Å². The molecule has 4 fully saturated rings. The predicted molar refractivity (Wildman–Crippen MR) is 162 cm³/mol. The Morgan fingerprint density at radius 2 is 1.52 bits per heavy atom. The molecule has 6 rings (SSSR count). The van der Waals surface area contributed by atoms with Gasteiger partial charge in [-0.1, -0.05) is 78.3 Å². The fourth-order valence-corrected chi connectivity index (χ4v) is 12.3. The van der Waals surface area contributed by atoms with Gasteiger partial charge in [0.2, 0.25) is 0 Å². The molecule has 0 saturated heterocycles. The molecule has 1 aromatic carbocycles. The molecule has 0 aromatic heterocycles. The van der Waals surface area contributed by atoms with Gasteiger partial charge in [-0.25, -0.2) is 0 Å². The maximum atomic E-state index is 14.5. The number of hydrogen-bond acceptors (Lipinski definition) is 2. The summed E-state index contributed by atoms with van der Waals surface area (Å²) in [7, 11) is 0. The normalized spacial score (nSPS) is 45.7. The average molecular weight is 545 g/mol. The zero-order valence-electron chi connectivity index (χ0n) is 26.3. The molecule has 0 heterocycles. The van der Waals surface area contributed by atoms with E-state index in [0.29, 0.717) is 35.4 Å². The van der Waals surface area contributed by atoms with Crippen molar-refractivity contribution < 1.29 is 14.7 Å². The predicted octanol–water partition coefficient (Wildman–Crippen LogP) is 8.99. The lowest BCUT2D eigenvalue weighted by Crippen LogP contribution is -2.67. The van der Waals surface area contributed by atoms with E-state index in [0.717, 1.165) is 51.4 Å². The highest BCUT2D eigenvalue weighted by Gasteiger charge is 2.72. The van der Waals surface area contributed by atoms with Gasteiger partial charge in [-0.2, -0.15) is 0 Å². The van der Waals surface area contributed by atoms with Gasteiger partial charge in [0.25, 0.3) is 0 Å². The molecule has 0 amide bonds. The number of rotatable bonds is 3. The molecule has 3 nitrogen and oxygen atoms in total. The standard InChI is InChI=1S/C37H52O3/c1-22(2)25-15-18-37(32(39)40)20-19-34(6)26(31(25)37)13-14-29-35(34,7)17-16-28-33(4,5)27(21-30(38)36(28,29)8)24-11-9-23(3)10-12-24/h9-12,21-22,25-26,28-29,31H,13-20H2,1-8H3,(H,39,40)/t25-,26+,28-,29-,31+,34+,35+,36-,37-/m0/s1. The molecule has 0 bridgehead atoms. The monoisotopic (exact) mass is 544 g/mol. The second-order valence-electron chi connectivity index (χ2n) is 16.4. The highest BCUT2D eigenvalue weighted by molar-refractivity contribution is 6.04. The lowest BCUT2D eigenvalue weighted by atomic mass is 9.32. The third-order valence-electron chi connectivity index (χ3n) is 14.6. The molecular formula is C37H52O3. The molecule has 0 spiro atoms. The van der Waals surface area contributed by atoms with Crippen LogP contribution in [-0.4, -0.2) is 16.9 Å². The molecular weight excluding hydrogens is 492 g/mol. The first-order valence-corrected chi connectivity index (χ1v) is 16.2. The second-order valence-corrected chi connectivity index (χ2v) is 16.4. The molecule has 1 N–H and O–H groups in total. The van der Waals surface area contributed by atoms with Gasteiger partial charge in [-0.3, -0.25) is 9.59 Å². The van der Waals surface area contributed by atoms with Crippen molar-refractivity contribution in [3.63, 3.8) is 0 Å². The summed E-state index contributed by atoms with van der Waals surface area (Å²) in [5, 5.41) is 10.6. The van der Waals surface area contributed by atoms with E-state index in [1.54, 1.807) is 0 Å². The van der Waals surface area contributed by atoms with Crippen LogP contribution in [0.4, 0.5) is 0 Å². The fourth-order valence-electron chi connectivity index (χ4n) is 12.3. The minimum Gasteiger partial charge on any atom is -0.481 e. The number of fused-ring (bicyclic) bond motifs is 7. The molecule has 1 aromatic rings. The fraction of sp³-hybridized carbons (Fsp3) is 0.730. The molecule has 40 heavy (non-hydrogen) atoms. The Morgan fingerprint density at radius 1 is 0.850 bits per heavy atom. The topological polar surface area (TPSA) is 54.4 Å². The molecule has 218 valence electrons. The van der Waals surface area contributed by atoms with E-state index in [9.17, 15) is 14.7 Å². The summed E-state index contributed by atoms with van der Waals surface area (Å²) in [5.41, 5.74) is 2.73. The van der Waals surface area contributed by atoms with Crippen LogP contribution in [0.25, 0.3) is 5.57 Å². The highest BCUT2D eigenvalue weighted by atomic mass is 16.4. The van der Waals surface area contributed by atoms with Gasteiger partial charge < -0.3 is 5.11 Å². The van der Waals surface area contributed by atoms with E-state index < -0.39 is 11.4 Å². The van der Waals surface area contributed by atoms with Crippen LogP contribution in [0.5, 0.6) is 0 Å². The largest absolute Gasteiger partial charge is 0.481 e. The first-order chi connectivity index (χ1) is 18.6. The Bertz CT molecular complexity index is 1250. The Balaban J connectivity index is 1.42. The van der Waals surface area contributed by atoms with Crippen LogP contribution >= 0.6 is 0 Å².